The molecule has 2 aromatic rings. The number of hydrogen-bond acceptors (Lipinski definition) is 7. The van der Waals surface area contributed by atoms with Crippen LogP contribution in [0.3, 0.4) is 0 Å². The number of phenolic OH excluding ortho intramolecular Hbond substituents is 2. The average Bonchev–Trinajstić information content (AvgIpc) is 2.73. The molecule has 182 valence electrons. The third kappa shape index (κ3) is 14.8. The maximum Gasteiger partial charge on any atom is 0.161 e. The highest BCUT2D eigenvalue weighted by Crippen LogP contribution is 2.27. The van der Waals surface area contributed by atoms with Gasteiger partial charge in [-0.25, -0.2) is 0 Å². The first-order valence-electron chi connectivity index (χ1n) is 11.0. The molecule has 0 saturated heterocycles. The van der Waals surface area contributed by atoms with Crippen LogP contribution in [0.2, 0.25) is 0 Å². The summed E-state index contributed by atoms with van der Waals surface area (Å²) >= 11 is 4.12. The smallest absolute Gasteiger partial charge is 0.161 e. The van der Waals surface area contributed by atoms with Crippen molar-refractivity contribution in [1.82, 2.24) is 0 Å². The van der Waals surface area contributed by atoms with Crippen molar-refractivity contribution in [2.24, 2.45) is 11.5 Å². The molecule has 0 aromatic heterocycles. The molecular formula is C25H42N2O4S. The second-order valence-corrected chi connectivity index (χ2v) is 9.54. The predicted molar refractivity (Wildman–Crippen MR) is 137 cm³/mol. The lowest BCUT2D eigenvalue weighted by atomic mass is 10.1. The van der Waals surface area contributed by atoms with Crippen LogP contribution in [0.4, 0.5) is 0 Å². The third-order valence-corrected chi connectivity index (χ3v) is 3.91. The van der Waals surface area contributed by atoms with Crippen molar-refractivity contribution < 1.29 is 19.7 Å². The largest absolute Gasteiger partial charge is 0.504 e. The summed E-state index contributed by atoms with van der Waals surface area (Å²) in [6.07, 6.45) is 3.76. The second kappa shape index (κ2) is 16.5. The summed E-state index contributed by atoms with van der Waals surface area (Å²) in [6.45, 7) is 9.98. The lowest BCUT2D eigenvalue weighted by molar-refractivity contribution is 0.317. The number of nitrogens with two attached hydrogens (primary N) is 2. The molecule has 0 bridgehead atoms. The molecule has 2 rings (SSSR count). The van der Waals surface area contributed by atoms with Gasteiger partial charge in [0.05, 0.1) is 13.7 Å². The molecule has 0 aliphatic carbocycles. The molecule has 6 N–H and O–H groups in total. The SMILES string of the molecule is CC(C)(C)S.CCOc1cc(CCCN)ccc1O.COc1cc(CCCN)ccc1O. The summed E-state index contributed by atoms with van der Waals surface area (Å²) in [7, 11) is 1.54. The quantitative estimate of drug-likeness (QED) is 0.343. The summed E-state index contributed by atoms with van der Waals surface area (Å²) in [6, 6.07) is 10.8. The fourth-order valence-electron chi connectivity index (χ4n) is 2.48. The number of benzene rings is 2. The van der Waals surface area contributed by atoms with E-state index in [4.69, 9.17) is 20.9 Å². The molecule has 0 fully saturated rings. The highest BCUT2D eigenvalue weighted by molar-refractivity contribution is 7.81. The van der Waals surface area contributed by atoms with Crippen LogP contribution < -0.4 is 20.9 Å². The molecule has 0 spiro atoms. The van der Waals surface area contributed by atoms with Crippen molar-refractivity contribution in [3.8, 4) is 23.0 Å². The molecule has 7 heteroatoms. The molecule has 2 aromatic carbocycles. The Labute approximate surface area is 199 Å². The van der Waals surface area contributed by atoms with Gasteiger partial charge in [-0.05, 0) is 81.1 Å². The lowest BCUT2D eigenvalue weighted by Crippen LogP contribution is -2.00. The van der Waals surface area contributed by atoms with Gasteiger partial charge in [0.2, 0.25) is 0 Å². The molecule has 0 saturated carbocycles. The molecule has 0 amide bonds. The van der Waals surface area contributed by atoms with E-state index in [0.29, 0.717) is 31.2 Å². The van der Waals surface area contributed by atoms with E-state index >= 15 is 0 Å². The number of hydrogen-bond donors (Lipinski definition) is 5. The van der Waals surface area contributed by atoms with Crippen LogP contribution in [0.5, 0.6) is 23.0 Å². The van der Waals surface area contributed by atoms with Crippen LogP contribution in [-0.4, -0.2) is 41.8 Å². The van der Waals surface area contributed by atoms with Crippen LogP contribution in [0.15, 0.2) is 36.4 Å². The number of ether oxygens (including phenoxy) is 2. The summed E-state index contributed by atoms with van der Waals surface area (Å²) < 4.78 is 10.5. The zero-order valence-electron chi connectivity index (χ0n) is 20.2. The van der Waals surface area contributed by atoms with Gasteiger partial charge < -0.3 is 31.2 Å². The van der Waals surface area contributed by atoms with Crippen LogP contribution in [0.1, 0.15) is 51.7 Å². The number of aromatic hydroxyl groups is 2. The first-order valence-corrected chi connectivity index (χ1v) is 11.4. The van der Waals surface area contributed by atoms with Crippen molar-refractivity contribution in [2.45, 2.75) is 58.1 Å². The zero-order valence-corrected chi connectivity index (χ0v) is 21.1. The molecule has 0 radical (unpaired) electrons. The van der Waals surface area contributed by atoms with Gasteiger partial charge in [-0.1, -0.05) is 32.9 Å². The van der Waals surface area contributed by atoms with Gasteiger partial charge in [0, 0.05) is 4.75 Å². The molecule has 0 atom stereocenters. The van der Waals surface area contributed by atoms with Crippen molar-refractivity contribution >= 4 is 12.6 Å². The molecule has 0 unspecified atom stereocenters. The standard InChI is InChI=1S/C11H17NO2.C10H15NO2.C4H10S/c1-2-14-11-8-9(4-3-7-12)5-6-10(11)13;1-13-10-7-8(3-2-6-11)4-5-9(10)12;1-4(2,3)5/h5-6,8,13H,2-4,7,12H2,1H3;4-5,7,12H,2-3,6,11H2,1H3;5H,1-3H3. The monoisotopic (exact) mass is 466 g/mol. The summed E-state index contributed by atoms with van der Waals surface area (Å²) in [4.78, 5) is 0. The molecule has 0 aliphatic heterocycles. The first-order chi connectivity index (χ1) is 15.0. The van der Waals surface area contributed by atoms with E-state index in [1.165, 1.54) is 0 Å². The summed E-state index contributed by atoms with van der Waals surface area (Å²) in [5.74, 6) is 1.46. The number of methoxy groups -OCH3 is 1. The van der Waals surface area contributed by atoms with Gasteiger partial charge in [0.15, 0.2) is 23.0 Å². The fraction of sp³-hybridized carbons (Fsp3) is 0.520. The van der Waals surface area contributed by atoms with E-state index in [9.17, 15) is 10.2 Å². The van der Waals surface area contributed by atoms with Crippen LogP contribution >= 0.6 is 12.6 Å². The van der Waals surface area contributed by atoms with E-state index in [0.717, 1.165) is 36.8 Å². The third-order valence-electron chi connectivity index (χ3n) is 3.91. The van der Waals surface area contributed by atoms with Gasteiger partial charge in [0.25, 0.3) is 0 Å². The van der Waals surface area contributed by atoms with Crippen molar-refractivity contribution in [3.05, 3.63) is 47.5 Å². The Morgan fingerprint density at radius 2 is 1.25 bits per heavy atom. The Morgan fingerprint density at radius 3 is 1.62 bits per heavy atom. The van der Waals surface area contributed by atoms with Crippen molar-refractivity contribution in [3.63, 3.8) is 0 Å². The average molecular weight is 467 g/mol. The number of rotatable bonds is 9. The maximum absolute atomic E-state index is 9.44. The Balaban J connectivity index is 0.000000499. The van der Waals surface area contributed by atoms with Gasteiger partial charge in [-0.15, -0.1) is 0 Å². The second-order valence-electron chi connectivity index (χ2n) is 8.20. The van der Waals surface area contributed by atoms with Crippen molar-refractivity contribution in [2.75, 3.05) is 26.8 Å². The van der Waals surface area contributed by atoms with Crippen LogP contribution in [-0.2, 0) is 12.8 Å². The number of thiol groups is 1. The first kappa shape index (κ1) is 29.9. The Morgan fingerprint density at radius 1 is 0.844 bits per heavy atom. The van der Waals surface area contributed by atoms with Gasteiger partial charge in [-0.3, -0.25) is 0 Å². The number of phenols is 2. The van der Waals surface area contributed by atoms with Gasteiger partial charge >= 0.3 is 0 Å². The predicted octanol–water partition coefficient (Wildman–Crippen LogP) is 4.69. The van der Waals surface area contributed by atoms with Crippen molar-refractivity contribution in [1.29, 1.82) is 0 Å². The van der Waals surface area contributed by atoms with E-state index in [-0.39, 0.29) is 16.2 Å². The molecule has 0 heterocycles. The maximum atomic E-state index is 9.44. The highest BCUT2D eigenvalue weighted by atomic mass is 32.1. The van der Waals surface area contributed by atoms with E-state index < -0.39 is 0 Å². The minimum Gasteiger partial charge on any atom is -0.504 e. The molecule has 6 nitrogen and oxygen atoms in total. The Hall–Kier alpha value is -2.09. The molecular weight excluding hydrogens is 424 g/mol. The van der Waals surface area contributed by atoms with Gasteiger partial charge in [-0.2, -0.15) is 12.6 Å². The molecule has 32 heavy (non-hydrogen) atoms. The minimum absolute atomic E-state index is 0.180. The summed E-state index contributed by atoms with van der Waals surface area (Å²) in [5.41, 5.74) is 13.1. The van der Waals surface area contributed by atoms with Gasteiger partial charge in [0.1, 0.15) is 0 Å². The Bertz CT molecular complexity index is 758. The fourth-order valence-corrected chi connectivity index (χ4v) is 2.48. The van der Waals surface area contributed by atoms with Crippen LogP contribution in [0.25, 0.3) is 0 Å². The summed E-state index contributed by atoms with van der Waals surface area (Å²) in [5, 5.41) is 18.8. The highest BCUT2D eigenvalue weighted by Gasteiger charge is 2.03. The van der Waals surface area contributed by atoms with Crippen LogP contribution in [0, 0.1) is 0 Å². The number of aryl methyl sites for hydroxylation is 2. The minimum atomic E-state index is 0.180. The normalized spacial score (nSPS) is 10.4. The van der Waals surface area contributed by atoms with E-state index in [1.807, 2.05) is 31.2 Å². The Kier molecular flexibility index (Phi) is 15.5. The van der Waals surface area contributed by atoms with E-state index in [2.05, 4.69) is 33.4 Å². The molecule has 0 aliphatic rings. The lowest BCUT2D eigenvalue weighted by Gasteiger charge is -2.07. The zero-order chi connectivity index (χ0) is 24.6. The van der Waals surface area contributed by atoms with E-state index in [1.54, 1.807) is 19.2 Å². The topological polar surface area (TPSA) is 111 Å².